The van der Waals surface area contributed by atoms with Crippen molar-refractivity contribution < 1.29 is 44.1 Å². The first-order valence-electron chi connectivity index (χ1n) is 27.5. The topological polar surface area (TPSA) is 39.1 Å². The molecule has 0 unspecified atom stereocenters. The van der Waals surface area contributed by atoms with Crippen LogP contribution in [0.5, 0.6) is 11.5 Å². The van der Waals surface area contributed by atoms with E-state index in [9.17, 15) is 0 Å². The van der Waals surface area contributed by atoms with Gasteiger partial charge in [-0.2, -0.15) is 18.2 Å². The molecule has 12 aromatic rings. The fourth-order valence-corrected chi connectivity index (χ4v) is 12.9. The van der Waals surface area contributed by atoms with Crippen LogP contribution >= 0.6 is 0 Å². The number of benzene rings is 9. The average Bonchev–Trinajstić information content (AvgIpc) is 3.41. The van der Waals surface area contributed by atoms with Crippen LogP contribution in [0.4, 0.5) is 17.1 Å². The van der Waals surface area contributed by atoms with Gasteiger partial charge in [0, 0.05) is 61.7 Å². The molecule has 1 aliphatic heterocycles. The van der Waals surface area contributed by atoms with Crippen molar-refractivity contribution in [2.75, 3.05) is 4.90 Å². The maximum absolute atomic E-state index is 9.05. The second kappa shape index (κ2) is 17.5. The van der Waals surface area contributed by atoms with Crippen molar-refractivity contribution in [2.45, 2.75) is 13.1 Å². The Balaban J connectivity index is 0.00000637. The van der Waals surface area contributed by atoms with Crippen molar-refractivity contribution in [3.8, 4) is 50.9 Å². The van der Waals surface area contributed by atoms with Crippen molar-refractivity contribution >= 4 is 68.3 Å². The van der Waals surface area contributed by atoms with Gasteiger partial charge in [0.2, 0.25) is 0 Å². The minimum atomic E-state index is -2.02. The van der Waals surface area contributed by atoms with E-state index in [0.717, 1.165) is 38.9 Å². The number of hydrogen-bond donors (Lipinski definition) is 0. The summed E-state index contributed by atoms with van der Waals surface area (Å²) >= 11 is 0. The first-order chi connectivity index (χ1) is 38.1. The van der Waals surface area contributed by atoms with Crippen LogP contribution in [0.1, 0.15) is 13.7 Å². The molecular formula is C62H43N5OPtSi-2. The molecular weight excluding hydrogens is 1050 g/mol. The Hall–Kier alpha value is -8.09. The zero-order valence-electron chi connectivity index (χ0n) is 47.5. The molecule has 4 heterocycles. The number of pyridine rings is 1. The summed E-state index contributed by atoms with van der Waals surface area (Å²) in [5.74, 6) is 1.47. The predicted molar refractivity (Wildman–Crippen MR) is 282 cm³/mol. The average molecular weight is 1110 g/mol. The van der Waals surface area contributed by atoms with Gasteiger partial charge in [-0.1, -0.05) is 176 Å². The van der Waals surface area contributed by atoms with E-state index < -0.39 is 68.5 Å². The number of nitrogens with zero attached hydrogens (tertiary/aromatic N) is 5. The maximum Gasteiger partial charge on any atom is 0.268 e. The van der Waals surface area contributed by atoms with Gasteiger partial charge >= 0.3 is 0 Å². The molecule has 0 N–H and O–H groups in total. The Morgan fingerprint density at radius 3 is 1.91 bits per heavy atom. The van der Waals surface area contributed by atoms with Crippen molar-refractivity contribution in [2.24, 2.45) is 0 Å². The number of fused-ring (bicyclic) bond motifs is 6. The molecule has 0 fully saturated rings. The number of rotatable bonds is 8. The second-order valence-corrected chi connectivity index (χ2v) is 21.6. The first kappa shape index (κ1) is 33.4. The molecule has 6 nitrogen and oxygen atoms in total. The molecule has 8 heteroatoms. The van der Waals surface area contributed by atoms with Crippen molar-refractivity contribution in [3.05, 3.63) is 243 Å². The summed E-state index contributed by atoms with van der Waals surface area (Å²) in [7, 11) is -2.02. The fraction of sp³-hybridized carbons (Fsp3) is 0.0323. The number of hydrogen-bond acceptors (Lipinski definition) is 3. The SMILES string of the molecule is [2H]c1c([2H])c([2H])c(-c2cccc(-c3c([2H])c([2H])c([2H])c([2H])c3[2H])c2-[n+]2[c-]n(-c3[c-]c(Oc4[c-]c5c(cc4)c4ccccc4n5-c4cc(N5c6ccccc6[Si](C)(C)c6ccccc65)ccn4)ccc3)c3ccccc32)c([2H])c1[2H].[Pt]. The summed E-state index contributed by atoms with van der Waals surface area (Å²) in [6.07, 6.45) is 5.27. The second-order valence-electron chi connectivity index (χ2n) is 17.3. The minimum absolute atomic E-state index is 0. The number of para-hydroxylation sites is 6. The fourth-order valence-electron chi connectivity index (χ4n) is 9.89. The van der Waals surface area contributed by atoms with Crippen LogP contribution in [-0.4, -0.2) is 22.2 Å². The van der Waals surface area contributed by atoms with Crippen LogP contribution in [-0.2, 0) is 21.1 Å². The number of imidazole rings is 1. The summed E-state index contributed by atoms with van der Waals surface area (Å²) in [4.78, 5) is 7.34. The molecule has 1 aliphatic rings. The molecule has 70 heavy (non-hydrogen) atoms. The maximum atomic E-state index is 9.05. The van der Waals surface area contributed by atoms with Crippen LogP contribution in [0, 0.1) is 18.5 Å². The summed E-state index contributed by atoms with van der Waals surface area (Å²) in [6, 6.07) is 52.9. The van der Waals surface area contributed by atoms with Gasteiger partial charge in [-0.05, 0) is 68.0 Å². The van der Waals surface area contributed by atoms with Crippen molar-refractivity contribution in [1.29, 1.82) is 0 Å². The number of aromatic nitrogens is 4. The normalized spacial score (nSPS) is 14.7. The smallest absolute Gasteiger partial charge is 0.268 e. The molecule has 0 amide bonds. The van der Waals surface area contributed by atoms with Gasteiger partial charge in [-0.25, -0.2) is 4.98 Å². The Labute approximate surface area is 436 Å². The van der Waals surface area contributed by atoms with Crippen LogP contribution < -0.4 is 24.6 Å². The number of anilines is 3. The van der Waals surface area contributed by atoms with E-state index in [-0.39, 0.29) is 49.0 Å². The van der Waals surface area contributed by atoms with Gasteiger partial charge in [0.05, 0.1) is 36.1 Å². The quantitative estimate of drug-likeness (QED) is 0.0865. The zero-order valence-corrected chi connectivity index (χ0v) is 40.8. The van der Waals surface area contributed by atoms with E-state index in [1.54, 1.807) is 33.4 Å². The zero-order chi connectivity index (χ0) is 54.8. The van der Waals surface area contributed by atoms with Crippen molar-refractivity contribution in [3.63, 3.8) is 0 Å². The summed E-state index contributed by atoms with van der Waals surface area (Å²) in [5, 5.41) is 4.70. The molecule has 0 saturated heterocycles. The Morgan fingerprint density at radius 1 is 0.586 bits per heavy atom. The largest absolute Gasteiger partial charge is 0.510 e. The Kier molecular flexibility index (Phi) is 8.33. The van der Waals surface area contributed by atoms with Gasteiger partial charge in [-0.15, -0.1) is 29.7 Å². The van der Waals surface area contributed by atoms with Crippen molar-refractivity contribution in [1.82, 2.24) is 14.1 Å². The third-order valence-electron chi connectivity index (χ3n) is 13.0. The molecule has 0 bridgehead atoms. The molecule has 0 aliphatic carbocycles. The third kappa shape index (κ3) is 7.12. The molecule has 0 atom stereocenters. The van der Waals surface area contributed by atoms with E-state index in [4.69, 9.17) is 23.4 Å². The van der Waals surface area contributed by atoms with E-state index in [1.807, 2.05) is 66.9 Å². The van der Waals surface area contributed by atoms with E-state index in [2.05, 4.69) is 114 Å². The monoisotopic (exact) mass is 1110 g/mol. The molecule has 3 aromatic heterocycles. The Morgan fingerprint density at radius 2 is 1.20 bits per heavy atom. The molecule has 338 valence electrons. The van der Waals surface area contributed by atoms with Crippen LogP contribution in [0.15, 0.2) is 224 Å². The first-order valence-corrected chi connectivity index (χ1v) is 25.5. The predicted octanol–water partition coefficient (Wildman–Crippen LogP) is 13.5. The molecule has 0 spiro atoms. The van der Waals surface area contributed by atoms with Gasteiger partial charge in [0.1, 0.15) is 13.9 Å². The van der Waals surface area contributed by atoms with Gasteiger partial charge in [0.15, 0.2) is 0 Å². The molecule has 0 radical (unpaired) electrons. The number of ether oxygens (including phenoxy) is 1. The van der Waals surface area contributed by atoms with E-state index in [0.29, 0.717) is 34.0 Å². The summed E-state index contributed by atoms with van der Waals surface area (Å²) in [6.45, 7) is 4.82. The van der Waals surface area contributed by atoms with Crippen LogP contribution in [0.3, 0.4) is 0 Å². The standard InChI is InChI=1S/C62H43N5OSi.Pt/c1-69(2)59-33-15-13-31-56(59)66(57-32-14-16-34-60(57)69)46-37-38-63-61(40-46)67-53-28-10-9-25-51(53)52-36-35-48(41-58(52)67)68-47-24-17-23-45(39-47)64-42-65(55-30-12-11-29-54(55)64)62-49(43-19-5-3-6-20-43)26-18-27-50(62)44-21-7-4-8-22-44;/h3-38,40H,1-2H3;/q-2;/i3D,4D,5D,6D,7D,8D,19D,20D,21D,22D;. The van der Waals surface area contributed by atoms with Gasteiger partial charge in [0.25, 0.3) is 6.33 Å². The van der Waals surface area contributed by atoms with E-state index >= 15 is 0 Å². The summed E-state index contributed by atoms with van der Waals surface area (Å²) in [5.41, 5.74) is 6.78. The Bertz CT molecular complexity index is 4370. The van der Waals surface area contributed by atoms with E-state index in [1.165, 1.54) is 10.4 Å². The van der Waals surface area contributed by atoms with Crippen LogP contribution in [0.2, 0.25) is 13.1 Å². The van der Waals surface area contributed by atoms with Gasteiger partial charge in [-0.3, -0.25) is 4.57 Å². The summed E-state index contributed by atoms with van der Waals surface area (Å²) < 4.78 is 99.5. The molecule has 13 rings (SSSR count). The third-order valence-corrected chi connectivity index (χ3v) is 16.5. The minimum Gasteiger partial charge on any atom is -0.510 e. The van der Waals surface area contributed by atoms with Crippen LogP contribution in [0.25, 0.3) is 72.3 Å². The van der Waals surface area contributed by atoms with Gasteiger partial charge < -0.3 is 18.8 Å². The molecule has 9 aromatic carbocycles. The molecule has 0 saturated carbocycles.